The standard InChI is InChI=1S/C15H20O8/c1-22-10-4-7(2-3-9(10)17)15(21)23-11-5-8(6-16)12(18)14(20)13(11)19/h2-4,8,11-14,16-20H,5-6H2,1H3. The van der Waals surface area contributed by atoms with Gasteiger partial charge in [0, 0.05) is 12.5 Å². The van der Waals surface area contributed by atoms with E-state index >= 15 is 0 Å². The third-order valence-electron chi connectivity index (χ3n) is 4.01. The van der Waals surface area contributed by atoms with Crippen LogP contribution in [0.15, 0.2) is 18.2 Å². The van der Waals surface area contributed by atoms with E-state index in [1.165, 1.54) is 25.3 Å². The Morgan fingerprint density at radius 1 is 1.22 bits per heavy atom. The van der Waals surface area contributed by atoms with E-state index < -0.39 is 42.9 Å². The molecule has 1 fully saturated rings. The molecule has 0 saturated heterocycles. The number of phenols is 1. The zero-order valence-electron chi connectivity index (χ0n) is 12.5. The average molecular weight is 328 g/mol. The van der Waals surface area contributed by atoms with Crippen LogP contribution in [-0.4, -0.2) is 69.6 Å². The summed E-state index contributed by atoms with van der Waals surface area (Å²) in [6.07, 6.45) is -5.34. The van der Waals surface area contributed by atoms with Crippen molar-refractivity contribution in [2.45, 2.75) is 30.8 Å². The first-order chi connectivity index (χ1) is 10.9. The third-order valence-corrected chi connectivity index (χ3v) is 4.01. The molecule has 1 aromatic carbocycles. The fourth-order valence-corrected chi connectivity index (χ4v) is 2.59. The Balaban J connectivity index is 2.12. The highest BCUT2D eigenvalue weighted by molar-refractivity contribution is 5.90. The molecular formula is C15H20O8. The smallest absolute Gasteiger partial charge is 0.338 e. The van der Waals surface area contributed by atoms with E-state index in [1.54, 1.807) is 0 Å². The van der Waals surface area contributed by atoms with Crippen LogP contribution >= 0.6 is 0 Å². The molecule has 5 unspecified atom stereocenters. The van der Waals surface area contributed by atoms with E-state index in [0.717, 1.165) is 0 Å². The van der Waals surface area contributed by atoms with Crippen molar-refractivity contribution in [3.05, 3.63) is 23.8 Å². The number of carbonyl (C=O) groups excluding carboxylic acids is 1. The van der Waals surface area contributed by atoms with Crippen LogP contribution in [0.4, 0.5) is 0 Å². The van der Waals surface area contributed by atoms with Crippen molar-refractivity contribution in [2.24, 2.45) is 5.92 Å². The lowest BCUT2D eigenvalue weighted by Crippen LogP contribution is -2.55. The van der Waals surface area contributed by atoms with Crippen LogP contribution in [-0.2, 0) is 4.74 Å². The highest BCUT2D eigenvalue weighted by atomic mass is 16.6. The molecule has 0 radical (unpaired) electrons. The molecule has 2 rings (SSSR count). The van der Waals surface area contributed by atoms with Crippen molar-refractivity contribution in [1.82, 2.24) is 0 Å². The van der Waals surface area contributed by atoms with Gasteiger partial charge in [0.25, 0.3) is 0 Å². The van der Waals surface area contributed by atoms with E-state index in [0.29, 0.717) is 0 Å². The van der Waals surface area contributed by atoms with E-state index in [4.69, 9.17) is 9.47 Å². The molecule has 0 aliphatic heterocycles. The van der Waals surface area contributed by atoms with Gasteiger partial charge >= 0.3 is 5.97 Å². The maximum absolute atomic E-state index is 12.1. The number of rotatable bonds is 4. The topological polar surface area (TPSA) is 137 Å². The summed E-state index contributed by atoms with van der Waals surface area (Å²) in [5, 5.41) is 48.1. The van der Waals surface area contributed by atoms with Gasteiger partial charge in [-0.1, -0.05) is 0 Å². The Morgan fingerprint density at radius 3 is 2.52 bits per heavy atom. The van der Waals surface area contributed by atoms with Crippen LogP contribution in [0.1, 0.15) is 16.8 Å². The molecule has 5 atom stereocenters. The van der Waals surface area contributed by atoms with Crippen molar-refractivity contribution < 1.29 is 39.8 Å². The second kappa shape index (κ2) is 7.14. The lowest BCUT2D eigenvalue weighted by molar-refractivity contribution is -0.164. The molecule has 5 N–H and O–H groups in total. The van der Waals surface area contributed by atoms with Crippen LogP contribution in [0.2, 0.25) is 0 Å². The quantitative estimate of drug-likeness (QED) is 0.445. The Morgan fingerprint density at radius 2 is 1.91 bits per heavy atom. The van der Waals surface area contributed by atoms with Gasteiger partial charge in [-0.3, -0.25) is 0 Å². The van der Waals surface area contributed by atoms with E-state index in [-0.39, 0.29) is 23.5 Å². The molecule has 128 valence electrons. The van der Waals surface area contributed by atoms with Gasteiger partial charge in [-0.25, -0.2) is 4.79 Å². The number of aliphatic hydroxyl groups is 4. The van der Waals surface area contributed by atoms with Crippen LogP contribution in [0, 0.1) is 5.92 Å². The van der Waals surface area contributed by atoms with Gasteiger partial charge in [0.2, 0.25) is 0 Å². The Labute approximate surface area is 132 Å². The number of carbonyl (C=O) groups is 1. The van der Waals surface area contributed by atoms with Crippen molar-refractivity contribution in [2.75, 3.05) is 13.7 Å². The molecule has 0 heterocycles. The predicted molar refractivity (Wildman–Crippen MR) is 77.1 cm³/mol. The lowest BCUT2D eigenvalue weighted by atomic mass is 9.81. The number of hydrogen-bond donors (Lipinski definition) is 5. The Kier molecular flexibility index (Phi) is 5.42. The van der Waals surface area contributed by atoms with Gasteiger partial charge in [-0.05, 0) is 24.6 Å². The van der Waals surface area contributed by atoms with Gasteiger partial charge in [-0.15, -0.1) is 0 Å². The highest BCUT2D eigenvalue weighted by Gasteiger charge is 2.44. The minimum absolute atomic E-state index is 0.0108. The second-order valence-corrected chi connectivity index (χ2v) is 5.48. The summed E-state index contributed by atoms with van der Waals surface area (Å²) >= 11 is 0. The first kappa shape index (κ1) is 17.5. The number of phenolic OH excluding ortho intramolecular Hbond substituents is 1. The summed E-state index contributed by atoms with van der Waals surface area (Å²) in [4.78, 5) is 12.1. The summed E-state index contributed by atoms with van der Waals surface area (Å²) in [6.45, 7) is -0.411. The van der Waals surface area contributed by atoms with Crippen molar-refractivity contribution in [1.29, 1.82) is 0 Å². The molecule has 0 spiro atoms. The third kappa shape index (κ3) is 3.56. The fourth-order valence-electron chi connectivity index (χ4n) is 2.59. The van der Waals surface area contributed by atoms with Gasteiger partial charge < -0.3 is 35.0 Å². The predicted octanol–water partition coefficient (Wildman–Crippen LogP) is -0.979. The molecule has 23 heavy (non-hydrogen) atoms. The molecule has 1 aliphatic rings. The number of ether oxygens (including phenoxy) is 2. The number of aliphatic hydroxyl groups excluding tert-OH is 4. The van der Waals surface area contributed by atoms with Gasteiger partial charge in [0.15, 0.2) is 11.5 Å². The van der Waals surface area contributed by atoms with E-state index in [9.17, 15) is 30.3 Å². The number of benzene rings is 1. The molecule has 1 saturated carbocycles. The van der Waals surface area contributed by atoms with Crippen molar-refractivity contribution >= 4 is 5.97 Å². The first-order valence-electron chi connectivity index (χ1n) is 7.12. The minimum Gasteiger partial charge on any atom is -0.504 e. The van der Waals surface area contributed by atoms with E-state index in [1.807, 2.05) is 0 Å². The summed E-state index contributed by atoms with van der Waals surface area (Å²) < 4.78 is 10.1. The average Bonchev–Trinajstić information content (AvgIpc) is 2.55. The zero-order chi connectivity index (χ0) is 17.1. The van der Waals surface area contributed by atoms with Gasteiger partial charge in [0.05, 0.1) is 18.8 Å². The first-order valence-corrected chi connectivity index (χ1v) is 7.12. The van der Waals surface area contributed by atoms with Crippen LogP contribution < -0.4 is 4.74 Å². The normalized spacial score (nSPS) is 30.7. The Bertz CT molecular complexity index is 558. The molecular weight excluding hydrogens is 308 g/mol. The summed E-state index contributed by atoms with van der Waals surface area (Å²) in [5.74, 6) is -1.54. The molecule has 8 nitrogen and oxygen atoms in total. The fraction of sp³-hybridized carbons (Fsp3) is 0.533. The monoisotopic (exact) mass is 328 g/mol. The van der Waals surface area contributed by atoms with Gasteiger partial charge in [-0.2, -0.15) is 0 Å². The summed E-state index contributed by atoms with van der Waals surface area (Å²) in [7, 11) is 1.33. The molecule has 8 heteroatoms. The zero-order valence-corrected chi connectivity index (χ0v) is 12.5. The molecule has 0 amide bonds. The molecule has 1 aliphatic carbocycles. The van der Waals surface area contributed by atoms with Crippen LogP contribution in [0.5, 0.6) is 11.5 Å². The number of esters is 1. The maximum atomic E-state index is 12.1. The lowest BCUT2D eigenvalue weighted by Gasteiger charge is -2.39. The summed E-state index contributed by atoms with van der Waals surface area (Å²) in [6, 6.07) is 3.87. The largest absolute Gasteiger partial charge is 0.504 e. The maximum Gasteiger partial charge on any atom is 0.338 e. The van der Waals surface area contributed by atoms with Crippen LogP contribution in [0.3, 0.4) is 0 Å². The second-order valence-electron chi connectivity index (χ2n) is 5.48. The minimum atomic E-state index is -1.52. The number of hydrogen-bond acceptors (Lipinski definition) is 8. The number of aromatic hydroxyl groups is 1. The number of methoxy groups -OCH3 is 1. The van der Waals surface area contributed by atoms with Gasteiger partial charge in [0.1, 0.15) is 18.3 Å². The SMILES string of the molecule is COc1cc(C(=O)OC2CC(CO)C(O)C(O)C2O)ccc1O. The van der Waals surface area contributed by atoms with E-state index in [2.05, 4.69) is 0 Å². The summed E-state index contributed by atoms with van der Waals surface area (Å²) in [5.41, 5.74) is 0.0908. The molecule has 0 aromatic heterocycles. The Hall–Kier alpha value is -1.87. The van der Waals surface area contributed by atoms with Crippen molar-refractivity contribution in [3.8, 4) is 11.5 Å². The molecule has 0 bridgehead atoms. The highest BCUT2D eigenvalue weighted by Crippen LogP contribution is 2.30. The van der Waals surface area contributed by atoms with Crippen molar-refractivity contribution in [3.63, 3.8) is 0 Å². The van der Waals surface area contributed by atoms with Crippen LogP contribution in [0.25, 0.3) is 0 Å². The molecule has 1 aromatic rings.